The van der Waals surface area contributed by atoms with Gasteiger partial charge >= 0.3 is 0 Å². The fraction of sp³-hybridized carbons (Fsp3) is 0.350. The Morgan fingerprint density at radius 3 is 2.75 bits per heavy atom. The third-order valence-electron chi connectivity index (χ3n) is 4.20. The van der Waals surface area contributed by atoms with Crippen molar-refractivity contribution in [1.29, 1.82) is 0 Å². The van der Waals surface area contributed by atoms with E-state index < -0.39 is 6.10 Å². The predicted molar refractivity (Wildman–Crippen MR) is 96.5 cm³/mol. The molecule has 0 unspecified atom stereocenters. The van der Waals surface area contributed by atoms with Crippen LogP contribution in [0.1, 0.15) is 23.9 Å². The molecule has 0 amide bonds. The molecule has 1 N–H and O–H groups in total. The van der Waals surface area contributed by atoms with E-state index >= 15 is 0 Å². The van der Waals surface area contributed by atoms with Gasteiger partial charge in [-0.1, -0.05) is 25.1 Å². The van der Waals surface area contributed by atoms with Crippen LogP contribution in [-0.4, -0.2) is 27.4 Å². The number of imidazole rings is 1. The zero-order valence-corrected chi connectivity index (χ0v) is 14.5. The molecule has 3 aromatic rings. The third kappa shape index (κ3) is 3.60. The maximum atomic E-state index is 10.4. The van der Waals surface area contributed by atoms with Crippen LogP contribution in [-0.2, 0) is 13.0 Å². The summed E-state index contributed by atoms with van der Waals surface area (Å²) >= 11 is 0. The minimum Gasteiger partial charge on any atom is -0.491 e. The fourth-order valence-electron chi connectivity index (χ4n) is 2.99. The Hall–Kier alpha value is -2.33. The molecule has 0 saturated heterocycles. The van der Waals surface area contributed by atoms with Gasteiger partial charge in [0.1, 0.15) is 24.3 Å². The molecule has 126 valence electrons. The van der Waals surface area contributed by atoms with E-state index in [4.69, 9.17) is 4.74 Å². The molecule has 0 aliphatic carbocycles. The largest absolute Gasteiger partial charge is 0.491 e. The number of benzene rings is 2. The molecule has 0 fully saturated rings. The number of ether oxygens (including phenoxy) is 1. The van der Waals surface area contributed by atoms with Crippen molar-refractivity contribution in [2.24, 2.45) is 0 Å². The number of aliphatic hydroxyl groups excluding tert-OH is 1. The highest BCUT2D eigenvalue weighted by atomic mass is 16.5. The molecule has 1 heterocycles. The molecular formula is C20H24N2O2. The van der Waals surface area contributed by atoms with Crippen LogP contribution in [0, 0.1) is 13.8 Å². The van der Waals surface area contributed by atoms with Crippen LogP contribution >= 0.6 is 0 Å². The number of hydrogen-bond acceptors (Lipinski definition) is 3. The number of rotatable bonds is 6. The summed E-state index contributed by atoms with van der Waals surface area (Å²) in [6, 6.07) is 14.2. The maximum absolute atomic E-state index is 10.4. The first-order chi connectivity index (χ1) is 11.6. The van der Waals surface area contributed by atoms with Crippen LogP contribution in [0.25, 0.3) is 11.0 Å². The standard InChI is InChI=1S/C20H24N2O2/c1-4-16-9-14(2)10-18(11-16)24-13-17(23)12-22-15(3)21-19-7-5-6-8-20(19)22/h5-11,17,23H,4,12-13H2,1-3H3/t17-/m1/s1. The van der Waals surface area contributed by atoms with E-state index in [1.807, 2.05) is 47.9 Å². The van der Waals surface area contributed by atoms with Gasteiger partial charge in [0.15, 0.2) is 0 Å². The first-order valence-corrected chi connectivity index (χ1v) is 8.40. The zero-order valence-electron chi connectivity index (χ0n) is 14.5. The SMILES string of the molecule is CCc1cc(C)cc(OC[C@H](O)Cn2c(C)nc3ccccc32)c1. The van der Waals surface area contributed by atoms with Gasteiger partial charge in [-0.3, -0.25) is 0 Å². The van der Waals surface area contributed by atoms with E-state index in [2.05, 4.69) is 24.9 Å². The van der Waals surface area contributed by atoms with E-state index in [1.165, 1.54) is 11.1 Å². The molecule has 0 bridgehead atoms. The number of nitrogens with zero attached hydrogens (tertiary/aromatic N) is 2. The van der Waals surface area contributed by atoms with Gasteiger partial charge in [0, 0.05) is 0 Å². The quantitative estimate of drug-likeness (QED) is 0.753. The molecule has 0 spiro atoms. The summed E-state index contributed by atoms with van der Waals surface area (Å²) in [5.74, 6) is 1.72. The molecule has 4 heteroatoms. The smallest absolute Gasteiger partial charge is 0.119 e. The summed E-state index contributed by atoms with van der Waals surface area (Å²) in [5.41, 5.74) is 4.42. The third-order valence-corrected chi connectivity index (χ3v) is 4.20. The Morgan fingerprint density at radius 2 is 1.96 bits per heavy atom. The Morgan fingerprint density at radius 1 is 1.17 bits per heavy atom. The Balaban J connectivity index is 1.68. The molecule has 2 aromatic carbocycles. The fourth-order valence-corrected chi connectivity index (χ4v) is 2.99. The minimum atomic E-state index is -0.591. The van der Waals surface area contributed by atoms with Gasteiger partial charge in [0.05, 0.1) is 17.6 Å². The molecule has 24 heavy (non-hydrogen) atoms. The molecule has 0 radical (unpaired) electrons. The maximum Gasteiger partial charge on any atom is 0.119 e. The van der Waals surface area contributed by atoms with Crippen molar-refractivity contribution in [3.8, 4) is 5.75 Å². The van der Waals surface area contributed by atoms with E-state index in [-0.39, 0.29) is 6.61 Å². The Kier molecular flexibility index (Phi) is 4.86. The molecule has 1 atom stereocenters. The average Bonchev–Trinajstić information content (AvgIpc) is 2.88. The van der Waals surface area contributed by atoms with Crippen molar-refractivity contribution in [3.63, 3.8) is 0 Å². The first kappa shape index (κ1) is 16.5. The van der Waals surface area contributed by atoms with Crippen molar-refractivity contribution < 1.29 is 9.84 Å². The second-order valence-corrected chi connectivity index (χ2v) is 6.23. The van der Waals surface area contributed by atoms with Crippen molar-refractivity contribution in [3.05, 3.63) is 59.4 Å². The Labute approximate surface area is 142 Å². The number of hydrogen-bond donors (Lipinski definition) is 1. The molecule has 3 rings (SSSR count). The van der Waals surface area contributed by atoms with Gasteiger partial charge in [0.25, 0.3) is 0 Å². The van der Waals surface area contributed by atoms with Gasteiger partial charge in [0.2, 0.25) is 0 Å². The Bertz CT molecular complexity index is 839. The normalized spacial score (nSPS) is 12.5. The number of fused-ring (bicyclic) bond motifs is 1. The van der Waals surface area contributed by atoms with Crippen LogP contribution in [0.5, 0.6) is 5.75 Å². The van der Waals surface area contributed by atoms with Crippen LogP contribution < -0.4 is 4.74 Å². The number of para-hydroxylation sites is 2. The number of aromatic nitrogens is 2. The van der Waals surface area contributed by atoms with Crippen molar-refractivity contribution in [2.45, 2.75) is 39.8 Å². The lowest BCUT2D eigenvalue weighted by atomic mass is 10.1. The predicted octanol–water partition coefficient (Wildman–Crippen LogP) is 3.66. The highest BCUT2D eigenvalue weighted by Gasteiger charge is 2.12. The lowest BCUT2D eigenvalue weighted by Crippen LogP contribution is -2.24. The van der Waals surface area contributed by atoms with Crippen LogP contribution in [0.4, 0.5) is 0 Å². The summed E-state index contributed by atoms with van der Waals surface area (Å²) in [4.78, 5) is 4.53. The second kappa shape index (κ2) is 7.05. The van der Waals surface area contributed by atoms with Crippen molar-refractivity contribution in [2.75, 3.05) is 6.61 Å². The summed E-state index contributed by atoms with van der Waals surface area (Å²) in [6.07, 6.45) is 0.382. The number of aryl methyl sites for hydroxylation is 3. The van der Waals surface area contributed by atoms with E-state index in [9.17, 15) is 5.11 Å². The van der Waals surface area contributed by atoms with Crippen LogP contribution in [0.2, 0.25) is 0 Å². The number of aliphatic hydroxyl groups is 1. The van der Waals surface area contributed by atoms with Crippen molar-refractivity contribution in [1.82, 2.24) is 9.55 Å². The summed E-state index contributed by atoms with van der Waals surface area (Å²) < 4.78 is 7.85. The summed E-state index contributed by atoms with van der Waals surface area (Å²) in [6.45, 7) is 6.88. The van der Waals surface area contributed by atoms with E-state index in [1.54, 1.807) is 0 Å². The molecule has 0 aliphatic rings. The lowest BCUT2D eigenvalue weighted by Gasteiger charge is -2.15. The second-order valence-electron chi connectivity index (χ2n) is 6.23. The molecule has 0 aliphatic heterocycles. The highest BCUT2D eigenvalue weighted by molar-refractivity contribution is 5.75. The van der Waals surface area contributed by atoms with E-state index in [0.717, 1.165) is 29.0 Å². The average molecular weight is 324 g/mol. The molecular weight excluding hydrogens is 300 g/mol. The van der Waals surface area contributed by atoms with Gasteiger partial charge in [-0.05, 0) is 55.7 Å². The summed E-state index contributed by atoms with van der Waals surface area (Å²) in [7, 11) is 0. The molecule has 1 aromatic heterocycles. The first-order valence-electron chi connectivity index (χ1n) is 8.40. The molecule has 4 nitrogen and oxygen atoms in total. The zero-order chi connectivity index (χ0) is 17.1. The van der Waals surface area contributed by atoms with Crippen LogP contribution in [0.15, 0.2) is 42.5 Å². The minimum absolute atomic E-state index is 0.262. The van der Waals surface area contributed by atoms with Gasteiger partial charge < -0.3 is 14.4 Å². The van der Waals surface area contributed by atoms with E-state index in [0.29, 0.717) is 6.54 Å². The van der Waals surface area contributed by atoms with Crippen molar-refractivity contribution >= 4 is 11.0 Å². The highest BCUT2D eigenvalue weighted by Crippen LogP contribution is 2.19. The topological polar surface area (TPSA) is 47.3 Å². The van der Waals surface area contributed by atoms with Crippen LogP contribution in [0.3, 0.4) is 0 Å². The van der Waals surface area contributed by atoms with Gasteiger partial charge in [-0.15, -0.1) is 0 Å². The monoisotopic (exact) mass is 324 g/mol. The van der Waals surface area contributed by atoms with Gasteiger partial charge in [-0.2, -0.15) is 0 Å². The molecule has 0 saturated carbocycles. The summed E-state index contributed by atoms with van der Waals surface area (Å²) in [5, 5.41) is 10.4. The lowest BCUT2D eigenvalue weighted by molar-refractivity contribution is 0.0928. The van der Waals surface area contributed by atoms with Gasteiger partial charge in [-0.25, -0.2) is 4.98 Å².